The van der Waals surface area contributed by atoms with Crippen molar-refractivity contribution in [3.63, 3.8) is 0 Å². The van der Waals surface area contributed by atoms with E-state index >= 15 is 0 Å². The van der Waals surface area contributed by atoms with Gasteiger partial charge in [-0.1, -0.05) is 15.9 Å². The van der Waals surface area contributed by atoms with Crippen LogP contribution in [-0.2, 0) is 9.53 Å². The van der Waals surface area contributed by atoms with Gasteiger partial charge < -0.3 is 10.1 Å². The number of hydrogen-bond donors (Lipinski definition) is 1. The molecular formula is C9H16BrF2NO2. The normalized spacial score (nSPS) is 11.9. The summed E-state index contributed by atoms with van der Waals surface area (Å²) in [5, 5.41) is 3.37. The maximum Gasteiger partial charge on any atom is 0.261 e. The minimum Gasteiger partial charge on any atom is -0.375 e. The van der Waals surface area contributed by atoms with E-state index in [1.807, 2.05) is 13.8 Å². The van der Waals surface area contributed by atoms with E-state index in [9.17, 15) is 13.6 Å². The van der Waals surface area contributed by atoms with Crippen LogP contribution in [0.15, 0.2) is 0 Å². The van der Waals surface area contributed by atoms with Gasteiger partial charge in [-0.25, -0.2) is 8.78 Å². The van der Waals surface area contributed by atoms with Gasteiger partial charge in [-0.2, -0.15) is 0 Å². The Bertz CT molecular complexity index is 201. The van der Waals surface area contributed by atoms with Gasteiger partial charge in [-0.3, -0.25) is 4.79 Å². The molecule has 0 aromatic heterocycles. The zero-order valence-electron chi connectivity index (χ0n) is 8.86. The van der Waals surface area contributed by atoms with Gasteiger partial charge in [-0.05, 0) is 13.8 Å². The molecule has 0 heterocycles. The lowest BCUT2D eigenvalue weighted by molar-refractivity contribution is -0.123. The van der Waals surface area contributed by atoms with Gasteiger partial charge in [0.2, 0.25) is 5.91 Å². The third-order valence-corrected chi connectivity index (χ3v) is 2.93. The second-order valence-electron chi connectivity index (χ2n) is 3.78. The summed E-state index contributed by atoms with van der Waals surface area (Å²) in [6, 6.07) is 0. The summed E-state index contributed by atoms with van der Waals surface area (Å²) in [6.07, 6.45) is -2.38. The number of ether oxygens (including phenoxy) is 1. The zero-order valence-corrected chi connectivity index (χ0v) is 10.4. The van der Waals surface area contributed by atoms with E-state index in [1.165, 1.54) is 0 Å². The van der Waals surface area contributed by atoms with Gasteiger partial charge in [0.25, 0.3) is 6.43 Å². The summed E-state index contributed by atoms with van der Waals surface area (Å²) in [5.41, 5.74) is -0.334. The lowest BCUT2D eigenvalue weighted by atomic mass is 10.1. The quantitative estimate of drug-likeness (QED) is 0.574. The smallest absolute Gasteiger partial charge is 0.261 e. The van der Waals surface area contributed by atoms with E-state index in [1.54, 1.807) is 0 Å². The predicted octanol–water partition coefficient (Wildman–Crippen LogP) is 1.95. The van der Waals surface area contributed by atoms with Crippen LogP contribution in [0, 0.1) is 0 Å². The molecule has 0 aliphatic carbocycles. The van der Waals surface area contributed by atoms with Crippen LogP contribution in [-0.4, -0.2) is 36.4 Å². The van der Waals surface area contributed by atoms with E-state index in [0.29, 0.717) is 5.33 Å². The van der Waals surface area contributed by atoms with Crippen molar-refractivity contribution < 1.29 is 18.3 Å². The Morgan fingerprint density at radius 2 is 2.13 bits per heavy atom. The molecule has 0 radical (unpaired) electrons. The first-order chi connectivity index (χ1) is 6.87. The molecule has 0 fully saturated rings. The molecule has 3 nitrogen and oxygen atoms in total. The lowest BCUT2D eigenvalue weighted by Gasteiger charge is -2.23. The van der Waals surface area contributed by atoms with Crippen LogP contribution in [0.4, 0.5) is 8.78 Å². The summed E-state index contributed by atoms with van der Waals surface area (Å²) in [5.74, 6) is -0.200. The third-order valence-electron chi connectivity index (χ3n) is 1.53. The van der Waals surface area contributed by atoms with E-state index < -0.39 is 13.0 Å². The number of amides is 1. The molecule has 0 aromatic rings. The Kier molecular flexibility index (Phi) is 7.00. The van der Waals surface area contributed by atoms with Crippen molar-refractivity contribution in [1.82, 2.24) is 5.32 Å². The van der Waals surface area contributed by atoms with Crippen LogP contribution >= 0.6 is 15.9 Å². The number of rotatable bonds is 7. The highest BCUT2D eigenvalue weighted by molar-refractivity contribution is 9.09. The van der Waals surface area contributed by atoms with Crippen molar-refractivity contribution in [2.24, 2.45) is 0 Å². The molecule has 6 heteroatoms. The highest BCUT2D eigenvalue weighted by atomic mass is 79.9. The van der Waals surface area contributed by atoms with E-state index in [4.69, 9.17) is 0 Å². The van der Waals surface area contributed by atoms with Crippen LogP contribution in [0.3, 0.4) is 0 Å². The fraction of sp³-hybridized carbons (Fsp3) is 0.889. The SMILES string of the molecule is CC(C)(CBr)NC(=O)CCOCC(F)F. The zero-order chi connectivity index (χ0) is 11.9. The highest BCUT2D eigenvalue weighted by Gasteiger charge is 2.18. The molecule has 1 N–H and O–H groups in total. The van der Waals surface area contributed by atoms with E-state index in [2.05, 4.69) is 26.0 Å². The van der Waals surface area contributed by atoms with Crippen LogP contribution in [0.25, 0.3) is 0 Å². The highest BCUT2D eigenvalue weighted by Crippen LogP contribution is 2.06. The molecule has 0 spiro atoms. The first-order valence-corrected chi connectivity index (χ1v) is 5.72. The number of hydrogen-bond acceptors (Lipinski definition) is 2. The van der Waals surface area contributed by atoms with E-state index in [-0.39, 0.29) is 24.5 Å². The molecule has 0 aliphatic rings. The summed E-state index contributed by atoms with van der Waals surface area (Å²) in [7, 11) is 0. The summed E-state index contributed by atoms with van der Waals surface area (Å²) in [6.45, 7) is 3.13. The second-order valence-corrected chi connectivity index (χ2v) is 4.34. The topological polar surface area (TPSA) is 38.3 Å². The predicted molar refractivity (Wildman–Crippen MR) is 57.5 cm³/mol. The average molecular weight is 288 g/mol. The number of carbonyl (C=O) groups is 1. The Morgan fingerprint density at radius 3 is 2.60 bits per heavy atom. The molecule has 90 valence electrons. The summed E-state index contributed by atoms with van der Waals surface area (Å²) < 4.78 is 27.9. The standard InChI is InChI=1S/C9H16BrF2NO2/c1-9(2,6-10)13-8(14)3-4-15-5-7(11)12/h7H,3-6H2,1-2H3,(H,13,14). The average Bonchev–Trinajstić information content (AvgIpc) is 2.11. The largest absolute Gasteiger partial charge is 0.375 e. The van der Waals surface area contributed by atoms with Crippen molar-refractivity contribution in [2.45, 2.75) is 32.2 Å². The van der Waals surface area contributed by atoms with Crippen molar-refractivity contribution in [3.05, 3.63) is 0 Å². The second kappa shape index (κ2) is 7.11. The maximum atomic E-state index is 11.7. The van der Waals surface area contributed by atoms with Crippen molar-refractivity contribution in [2.75, 3.05) is 18.5 Å². The summed E-state index contributed by atoms with van der Waals surface area (Å²) in [4.78, 5) is 11.3. The Morgan fingerprint density at radius 1 is 1.53 bits per heavy atom. The van der Waals surface area contributed by atoms with Gasteiger partial charge in [0.1, 0.15) is 6.61 Å². The van der Waals surface area contributed by atoms with Crippen LogP contribution < -0.4 is 5.32 Å². The molecule has 0 aromatic carbocycles. The van der Waals surface area contributed by atoms with E-state index in [0.717, 1.165) is 0 Å². The van der Waals surface area contributed by atoms with Gasteiger partial charge in [0.05, 0.1) is 6.61 Å². The maximum absolute atomic E-state index is 11.7. The number of carbonyl (C=O) groups excluding carboxylic acids is 1. The minimum atomic E-state index is -2.48. The fourth-order valence-electron chi connectivity index (χ4n) is 0.811. The van der Waals surface area contributed by atoms with Gasteiger partial charge in [-0.15, -0.1) is 0 Å². The molecule has 0 unspecified atom stereocenters. The number of alkyl halides is 3. The molecule has 15 heavy (non-hydrogen) atoms. The molecular weight excluding hydrogens is 272 g/mol. The molecule has 0 rings (SSSR count). The van der Waals surface area contributed by atoms with Crippen molar-refractivity contribution >= 4 is 21.8 Å². The van der Waals surface area contributed by atoms with Gasteiger partial charge in [0, 0.05) is 17.3 Å². The summed E-state index contributed by atoms with van der Waals surface area (Å²) >= 11 is 3.26. The van der Waals surface area contributed by atoms with Gasteiger partial charge >= 0.3 is 0 Å². The van der Waals surface area contributed by atoms with Crippen molar-refractivity contribution in [1.29, 1.82) is 0 Å². The van der Waals surface area contributed by atoms with Gasteiger partial charge in [0.15, 0.2) is 0 Å². The molecule has 0 bridgehead atoms. The van der Waals surface area contributed by atoms with Crippen LogP contribution in [0.5, 0.6) is 0 Å². The van der Waals surface area contributed by atoms with Crippen LogP contribution in [0.2, 0.25) is 0 Å². The molecule has 0 aliphatic heterocycles. The first kappa shape index (κ1) is 14.8. The first-order valence-electron chi connectivity index (χ1n) is 4.60. The molecule has 0 saturated heterocycles. The number of nitrogens with one attached hydrogen (secondary N) is 1. The molecule has 1 amide bonds. The number of halogens is 3. The molecule has 0 atom stereocenters. The third kappa shape index (κ3) is 8.74. The Balaban J connectivity index is 3.58. The lowest BCUT2D eigenvalue weighted by Crippen LogP contribution is -2.45. The van der Waals surface area contributed by atoms with Crippen molar-refractivity contribution in [3.8, 4) is 0 Å². The monoisotopic (exact) mass is 287 g/mol. The molecule has 0 saturated carbocycles. The Labute approximate surface area is 96.7 Å². The Hall–Kier alpha value is -0.230. The van der Waals surface area contributed by atoms with Crippen LogP contribution in [0.1, 0.15) is 20.3 Å². The minimum absolute atomic E-state index is 0.0224. The fourth-order valence-corrected chi connectivity index (χ4v) is 0.951.